The molecule has 3 fully saturated rings. The summed E-state index contributed by atoms with van der Waals surface area (Å²) in [7, 11) is 0. The third-order valence-electron chi connectivity index (χ3n) is 5.49. The second-order valence-electron chi connectivity index (χ2n) is 6.86. The highest BCUT2D eigenvalue weighted by molar-refractivity contribution is 5.03. The summed E-state index contributed by atoms with van der Waals surface area (Å²) in [5.74, 6) is 0. The van der Waals surface area contributed by atoms with E-state index in [0.717, 1.165) is 32.2 Å². The van der Waals surface area contributed by atoms with Gasteiger partial charge in [-0.3, -0.25) is 4.90 Å². The average molecular weight is 252 g/mol. The zero-order chi connectivity index (χ0) is 12.6. The summed E-state index contributed by atoms with van der Waals surface area (Å²) in [4.78, 5) is 2.61. The van der Waals surface area contributed by atoms with Crippen LogP contribution in [0.1, 0.15) is 58.3 Å². The predicted octanol–water partition coefficient (Wildman–Crippen LogP) is 2.29. The molecule has 0 aromatic rings. The van der Waals surface area contributed by atoms with Crippen molar-refractivity contribution in [1.82, 2.24) is 4.90 Å². The summed E-state index contributed by atoms with van der Waals surface area (Å²) >= 11 is 0. The molecule has 18 heavy (non-hydrogen) atoms. The van der Waals surface area contributed by atoms with E-state index in [1.807, 2.05) is 0 Å². The van der Waals surface area contributed by atoms with Crippen molar-refractivity contribution in [2.75, 3.05) is 19.7 Å². The SMILES string of the molecule is CCC1(N)CN(C2CCOC3(CCCCC3)C2)C1. The molecule has 2 N–H and O–H groups in total. The minimum Gasteiger partial charge on any atom is -0.375 e. The molecule has 2 saturated heterocycles. The molecule has 3 rings (SSSR count). The van der Waals surface area contributed by atoms with Gasteiger partial charge in [0.05, 0.1) is 5.60 Å². The molecule has 0 aromatic heterocycles. The molecule has 1 spiro atoms. The van der Waals surface area contributed by atoms with E-state index in [0.29, 0.717) is 0 Å². The maximum Gasteiger partial charge on any atom is 0.0697 e. The second-order valence-corrected chi connectivity index (χ2v) is 6.86. The van der Waals surface area contributed by atoms with Gasteiger partial charge < -0.3 is 10.5 Å². The number of rotatable bonds is 2. The van der Waals surface area contributed by atoms with Crippen molar-refractivity contribution in [2.45, 2.75) is 75.5 Å². The van der Waals surface area contributed by atoms with Crippen LogP contribution in [0.25, 0.3) is 0 Å². The van der Waals surface area contributed by atoms with Gasteiger partial charge in [0.15, 0.2) is 0 Å². The lowest BCUT2D eigenvalue weighted by Crippen LogP contribution is -2.70. The molecule has 3 heteroatoms. The van der Waals surface area contributed by atoms with Crippen molar-refractivity contribution < 1.29 is 4.74 Å². The normalized spacial score (nSPS) is 35.3. The molecular weight excluding hydrogens is 224 g/mol. The molecule has 0 amide bonds. The van der Waals surface area contributed by atoms with Crippen LogP contribution in [0.3, 0.4) is 0 Å². The second kappa shape index (κ2) is 4.77. The number of nitrogens with zero attached hydrogens (tertiary/aromatic N) is 1. The van der Waals surface area contributed by atoms with Gasteiger partial charge in [0.1, 0.15) is 0 Å². The van der Waals surface area contributed by atoms with Gasteiger partial charge in [0.2, 0.25) is 0 Å². The Morgan fingerprint density at radius 3 is 2.61 bits per heavy atom. The third kappa shape index (κ3) is 2.33. The van der Waals surface area contributed by atoms with Crippen LogP contribution < -0.4 is 5.73 Å². The van der Waals surface area contributed by atoms with Gasteiger partial charge in [-0.2, -0.15) is 0 Å². The van der Waals surface area contributed by atoms with Crippen molar-refractivity contribution in [2.24, 2.45) is 5.73 Å². The first kappa shape index (κ1) is 12.9. The van der Waals surface area contributed by atoms with Crippen LogP contribution in [0.15, 0.2) is 0 Å². The van der Waals surface area contributed by atoms with E-state index in [1.54, 1.807) is 0 Å². The molecule has 0 aromatic carbocycles. The van der Waals surface area contributed by atoms with E-state index in [-0.39, 0.29) is 11.1 Å². The van der Waals surface area contributed by atoms with Crippen molar-refractivity contribution in [3.05, 3.63) is 0 Å². The summed E-state index contributed by atoms with van der Waals surface area (Å²) in [5, 5.41) is 0. The largest absolute Gasteiger partial charge is 0.375 e. The monoisotopic (exact) mass is 252 g/mol. The van der Waals surface area contributed by atoms with Gasteiger partial charge in [-0.05, 0) is 32.1 Å². The Morgan fingerprint density at radius 1 is 1.22 bits per heavy atom. The van der Waals surface area contributed by atoms with E-state index in [9.17, 15) is 0 Å². The van der Waals surface area contributed by atoms with Gasteiger partial charge in [0.25, 0.3) is 0 Å². The molecule has 2 heterocycles. The summed E-state index contributed by atoms with van der Waals surface area (Å²) in [6.07, 6.45) is 10.3. The Balaban J connectivity index is 1.58. The van der Waals surface area contributed by atoms with E-state index in [4.69, 9.17) is 10.5 Å². The van der Waals surface area contributed by atoms with Crippen LogP contribution in [-0.2, 0) is 4.74 Å². The topological polar surface area (TPSA) is 38.5 Å². The maximum absolute atomic E-state index is 6.30. The minimum absolute atomic E-state index is 0.109. The minimum atomic E-state index is 0.109. The third-order valence-corrected chi connectivity index (χ3v) is 5.49. The van der Waals surface area contributed by atoms with Crippen LogP contribution in [-0.4, -0.2) is 41.8 Å². The van der Waals surface area contributed by atoms with Crippen LogP contribution in [0.4, 0.5) is 0 Å². The van der Waals surface area contributed by atoms with Crippen LogP contribution >= 0.6 is 0 Å². The summed E-state index contributed by atoms with van der Waals surface area (Å²) in [6.45, 7) is 5.38. The highest BCUT2D eigenvalue weighted by Gasteiger charge is 2.46. The van der Waals surface area contributed by atoms with Gasteiger partial charge >= 0.3 is 0 Å². The molecule has 2 aliphatic heterocycles. The van der Waals surface area contributed by atoms with Crippen LogP contribution in [0.2, 0.25) is 0 Å². The molecule has 0 radical (unpaired) electrons. The Morgan fingerprint density at radius 2 is 1.94 bits per heavy atom. The molecular formula is C15H28N2O. The number of ether oxygens (including phenoxy) is 1. The van der Waals surface area contributed by atoms with Crippen molar-refractivity contribution in [3.8, 4) is 0 Å². The zero-order valence-corrected chi connectivity index (χ0v) is 11.8. The Labute approximate surface area is 111 Å². The number of nitrogens with two attached hydrogens (primary N) is 1. The van der Waals surface area contributed by atoms with E-state index >= 15 is 0 Å². The van der Waals surface area contributed by atoms with Crippen LogP contribution in [0, 0.1) is 0 Å². The predicted molar refractivity (Wildman–Crippen MR) is 73.6 cm³/mol. The van der Waals surface area contributed by atoms with Gasteiger partial charge in [-0.15, -0.1) is 0 Å². The summed E-state index contributed by atoms with van der Waals surface area (Å²) < 4.78 is 6.18. The molecule has 3 nitrogen and oxygen atoms in total. The molecule has 3 aliphatic rings. The first-order valence-corrected chi connectivity index (χ1v) is 7.82. The summed E-state index contributed by atoms with van der Waals surface area (Å²) in [6, 6.07) is 0.736. The maximum atomic E-state index is 6.30. The number of hydrogen-bond acceptors (Lipinski definition) is 3. The Kier molecular flexibility index (Phi) is 3.41. The fourth-order valence-corrected chi connectivity index (χ4v) is 4.10. The Hall–Kier alpha value is -0.120. The molecule has 1 atom stereocenters. The molecule has 104 valence electrons. The highest BCUT2D eigenvalue weighted by atomic mass is 16.5. The van der Waals surface area contributed by atoms with Crippen LogP contribution in [0.5, 0.6) is 0 Å². The molecule has 1 saturated carbocycles. The highest BCUT2D eigenvalue weighted by Crippen LogP contribution is 2.41. The lowest BCUT2D eigenvalue weighted by Gasteiger charge is -2.55. The molecule has 0 bridgehead atoms. The Bertz CT molecular complexity index is 287. The van der Waals surface area contributed by atoms with E-state index in [1.165, 1.54) is 44.9 Å². The first-order chi connectivity index (χ1) is 8.65. The first-order valence-electron chi connectivity index (χ1n) is 7.82. The van der Waals surface area contributed by atoms with Crippen molar-refractivity contribution in [3.63, 3.8) is 0 Å². The molecule has 1 aliphatic carbocycles. The summed E-state index contributed by atoms with van der Waals surface area (Å²) in [5.41, 5.74) is 6.64. The lowest BCUT2D eigenvalue weighted by atomic mass is 9.76. The van der Waals surface area contributed by atoms with Gasteiger partial charge in [-0.1, -0.05) is 26.2 Å². The fourth-order valence-electron chi connectivity index (χ4n) is 4.10. The van der Waals surface area contributed by atoms with Crippen molar-refractivity contribution in [1.29, 1.82) is 0 Å². The number of hydrogen-bond donors (Lipinski definition) is 1. The van der Waals surface area contributed by atoms with Gasteiger partial charge in [-0.25, -0.2) is 0 Å². The number of likely N-dealkylation sites (tertiary alicyclic amines) is 1. The van der Waals surface area contributed by atoms with Gasteiger partial charge in [0, 0.05) is 31.3 Å². The fraction of sp³-hybridized carbons (Fsp3) is 1.00. The smallest absolute Gasteiger partial charge is 0.0697 e. The quantitative estimate of drug-likeness (QED) is 0.819. The van der Waals surface area contributed by atoms with E-state index in [2.05, 4.69) is 11.8 Å². The average Bonchev–Trinajstić information content (AvgIpc) is 2.36. The standard InChI is InChI=1S/C15H28N2O/c1-2-14(16)11-17(12-14)13-6-9-18-15(10-13)7-4-3-5-8-15/h13H,2-12,16H2,1H3. The van der Waals surface area contributed by atoms with E-state index < -0.39 is 0 Å². The lowest BCUT2D eigenvalue weighted by molar-refractivity contribution is -0.137. The van der Waals surface area contributed by atoms with Crippen molar-refractivity contribution >= 4 is 0 Å². The zero-order valence-electron chi connectivity index (χ0n) is 11.8. The molecule has 1 unspecified atom stereocenters.